The zero-order valence-electron chi connectivity index (χ0n) is 9.74. The first-order valence-corrected chi connectivity index (χ1v) is 6.41. The van der Waals surface area contributed by atoms with Crippen LogP contribution >= 0.6 is 12.4 Å². The van der Waals surface area contributed by atoms with Gasteiger partial charge in [0.25, 0.3) is 0 Å². The maximum absolute atomic E-state index is 6.01. The lowest BCUT2D eigenvalue weighted by Crippen LogP contribution is -2.47. The molecule has 0 saturated heterocycles. The largest absolute Gasteiger partial charge is 0.328 e. The second-order valence-corrected chi connectivity index (χ2v) is 6.60. The Balaban J connectivity index is 0.000000853. The molecule has 1 unspecified atom stereocenters. The molecule has 4 aliphatic carbocycles. The van der Waals surface area contributed by atoms with Gasteiger partial charge in [-0.15, -0.1) is 12.4 Å². The van der Waals surface area contributed by atoms with E-state index in [1.54, 1.807) is 19.3 Å². The highest BCUT2D eigenvalue weighted by atomic mass is 35.5. The summed E-state index contributed by atoms with van der Waals surface area (Å²) < 4.78 is 0. The summed E-state index contributed by atoms with van der Waals surface area (Å²) in [6.07, 6.45) is 10.5. The van der Waals surface area contributed by atoms with Crippen molar-refractivity contribution in [3.05, 3.63) is 0 Å². The summed E-state index contributed by atoms with van der Waals surface area (Å²) in [5.74, 6) is 3.25. The van der Waals surface area contributed by atoms with E-state index in [0.717, 1.165) is 17.8 Å². The minimum absolute atomic E-state index is 0. The van der Waals surface area contributed by atoms with Crippen LogP contribution in [0, 0.1) is 23.2 Å². The summed E-state index contributed by atoms with van der Waals surface area (Å²) in [5, 5.41) is 0. The lowest BCUT2D eigenvalue weighted by Gasteiger charge is -2.57. The predicted octanol–water partition coefficient (Wildman–Crippen LogP) is 3.36. The van der Waals surface area contributed by atoms with E-state index in [4.69, 9.17) is 5.73 Å². The SMILES string of the molecule is CC(N)CC12CC3CC(CC(C3)C1)C2.Cl. The molecule has 0 aromatic rings. The molecule has 4 saturated carbocycles. The maximum Gasteiger partial charge on any atom is 0.00157 e. The molecular weight excluding hydrogens is 206 g/mol. The summed E-state index contributed by atoms with van der Waals surface area (Å²) in [6, 6.07) is 0.422. The van der Waals surface area contributed by atoms with Crippen LogP contribution in [0.15, 0.2) is 0 Å². The highest BCUT2D eigenvalue weighted by Crippen LogP contribution is 2.61. The molecule has 2 N–H and O–H groups in total. The minimum Gasteiger partial charge on any atom is -0.328 e. The number of hydrogen-bond donors (Lipinski definition) is 1. The van der Waals surface area contributed by atoms with Gasteiger partial charge in [0.1, 0.15) is 0 Å². The molecule has 2 heteroatoms. The van der Waals surface area contributed by atoms with E-state index in [0.29, 0.717) is 11.5 Å². The van der Waals surface area contributed by atoms with E-state index in [2.05, 4.69) is 6.92 Å². The van der Waals surface area contributed by atoms with Gasteiger partial charge < -0.3 is 5.73 Å². The Morgan fingerprint density at radius 1 is 1.07 bits per heavy atom. The fourth-order valence-corrected chi connectivity index (χ4v) is 5.22. The lowest BCUT2D eigenvalue weighted by atomic mass is 9.48. The van der Waals surface area contributed by atoms with Crippen LogP contribution in [0.1, 0.15) is 51.9 Å². The van der Waals surface area contributed by atoms with E-state index >= 15 is 0 Å². The van der Waals surface area contributed by atoms with Gasteiger partial charge in [0, 0.05) is 6.04 Å². The molecule has 0 aromatic heterocycles. The summed E-state index contributed by atoms with van der Waals surface area (Å²) in [6.45, 7) is 2.19. The molecule has 0 radical (unpaired) electrons. The summed E-state index contributed by atoms with van der Waals surface area (Å²) >= 11 is 0. The van der Waals surface area contributed by atoms with Crippen molar-refractivity contribution in [1.29, 1.82) is 0 Å². The van der Waals surface area contributed by atoms with Crippen LogP contribution < -0.4 is 5.73 Å². The van der Waals surface area contributed by atoms with E-state index < -0.39 is 0 Å². The monoisotopic (exact) mass is 229 g/mol. The normalized spacial score (nSPS) is 48.8. The fourth-order valence-electron chi connectivity index (χ4n) is 5.22. The lowest BCUT2D eigenvalue weighted by molar-refractivity contribution is -0.0595. The summed E-state index contributed by atoms with van der Waals surface area (Å²) in [4.78, 5) is 0. The van der Waals surface area contributed by atoms with Crippen molar-refractivity contribution in [2.45, 2.75) is 57.9 Å². The van der Waals surface area contributed by atoms with Crippen molar-refractivity contribution in [2.24, 2.45) is 28.9 Å². The molecule has 4 rings (SSSR count). The first kappa shape index (κ1) is 11.7. The van der Waals surface area contributed by atoms with Crippen molar-refractivity contribution in [1.82, 2.24) is 0 Å². The second kappa shape index (κ2) is 3.92. The van der Waals surface area contributed by atoms with Gasteiger partial charge >= 0.3 is 0 Å². The van der Waals surface area contributed by atoms with E-state index in [1.807, 2.05) is 0 Å². The average molecular weight is 230 g/mol. The molecule has 0 aliphatic heterocycles. The Labute approximate surface area is 99.6 Å². The molecule has 0 amide bonds. The Kier molecular flexibility index (Phi) is 3.07. The quantitative estimate of drug-likeness (QED) is 0.772. The highest BCUT2D eigenvalue weighted by Gasteiger charge is 2.50. The Morgan fingerprint density at radius 3 is 1.80 bits per heavy atom. The van der Waals surface area contributed by atoms with Crippen LogP contribution in [0.4, 0.5) is 0 Å². The molecular formula is C13H24ClN. The second-order valence-electron chi connectivity index (χ2n) is 6.60. The van der Waals surface area contributed by atoms with Crippen LogP contribution in [0.2, 0.25) is 0 Å². The fraction of sp³-hybridized carbons (Fsp3) is 1.00. The van der Waals surface area contributed by atoms with Gasteiger partial charge in [-0.05, 0) is 75.0 Å². The molecule has 4 bridgehead atoms. The van der Waals surface area contributed by atoms with Gasteiger partial charge in [0.15, 0.2) is 0 Å². The minimum atomic E-state index is 0. The van der Waals surface area contributed by atoms with Crippen LogP contribution in [0.25, 0.3) is 0 Å². The molecule has 4 aliphatic rings. The molecule has 88 valence electrons. The molecule has 0 spiro atoms. The molecule has 0 heterocycles. The van der Waals surface area contributed by atoms with Crippen LogP contribution in [0.3, 0.4) is 0 Å². The number of hydrogen-bond acceptors (Lipinski definition) is 1. The molecule has 1 nitrogen and oxygen atoms in total. The first-order chi connectivity index (χ1) is 6.65. The zero-order chi connectivity index (χ0) is 9.76. The topological polar surface area (TPSA) is 26.0 Å². The van der Waals surface area contributed by atoms with Gasteiger partial charge in [0.05, 0.1) is 0 Å². The Bertz CT molecular complexity index is 195. The third-order valence-corrected chi connectivity index (χ3v) is 4.92. The third kappa shape index (κ3) is 2.06. The summed E-state index contributed by atoms with van der Waals surface area (Å²) in [5.41, 5.74) is 6.71. The number of nitrogens with two attached hydrogens (primary N) is 1. The molecule has 4 fully saturated rings. The van der Waals surface area contributed by atoms with Crippen molar-refractivity contribution in [2.75, 3.05) is 0 Å². The molecule has 15 heavy (non-hydrogen) atoms. The van der Waals surface area contributed by atoms with E-state index in [9.17, 15) is 0 Å². The Hall–Kier alpha value is 0.250. The van der Waals surface area contributed by atoms with Gasteiger partial charge in [-0.3, -0.25) is 0 Å². The number of halogens is 1. The van der Waals surface area contributed by atoms with Crippen LogP contribution in [-0.4, -0.2) is 6.04 Å². The van der Waals surface area contributed by atoms with Crippen molar-refractivity contribution in [3.8, 4) is 0 Å². The van der Waals surface area contributed by atoms with E-state index in [-0.39, 0.29) is 12.4 Å². The smallest absolute Gasteiger partial charge is 0.00157 e. The average Bonchev–Trinajstić information content (AvgIpc) is 1.96. The first-order valence-electron chi connectivity index (χ1n) is 6.41. The van der Waals surface area contributed by atoms with Gasteiger partial charge in [0.2, 0.25) is 0 Å². The van der Waals surface area contributed by atoms with Crippen LogP contribution in [0.5, 0.6) is 0 Å². The highest BCUT2D eigenvalue weighted by molar-refractivity contribution is 5.85. The van der Waals surface area contributed by atoms with Crippen molar-refractivity contribution >= 4 is 12.4 Å². The molecule has 0 aromatic carbocycles. The van der Waals surface area contributed by atoms with Crippen molar-refractivity contribution in [3.63, 3.8) is 0 Å². The maximum atomic E-state index is 6.01. The summed E-state index contributed by atoms with van der Waals surface area (Å²) in [7, 11) is 0. The zero-order valence-corrected chi connectivity index (χ0v) is 10.6. The molecule has 1 atom stereocenters. The third-order valence-electron chi connectivity index (χ3n) is 4.92. The van der Waals surface area contributed by atoms with Gasteiger partial charge in [-0.1, -0.05) is 0 Å². The van der Waals surface area contributed by atoms with Crippen LogP contribution in [-0.2, 0) is 0 Å². The van der Waals surface area contributed by atoms with E-state index in [1.165, 1.54) is 25.7 Å². The predicted molar refractivity (Wildman–Crippen MR) is 66.1 cm³/mol. The van der Waals surface area contributed by atoms with Gasteiger partial charge in [-0.25, -0.2) is 0 Å². The standard InChI is InChI=1S/C13H23N.ClH/c1-9(14)5-13-6-10-2-11(7-13)4-12(3-10)8-13;/h9-12H,2-8,14H2,1H3;1H. The number of rotatable bonds is 2. The van der Waals surface area contributed by atoms with Crippen molar-refractivity contribution < 1.29 is 0 Å². The Morgan fingerprint density at radius 2 is 1.47 bits per heavy atom. The van der Waals surface area contributed by atoms with Gasteiger partial charge in [-0.2, -0.15) is 0 Å².